The lowest BCUT2D eigenvalue weighted by atomic mass is 10.1. The van der Waals surface area contributed by atoms with Gasteiger partial charge in [0.15, 0.2) is 6.61 Å². The Balaban J connectivity index is 1.69. The molecule has 8 nitrogen and oxygen atoms in total. The molecule has 9 heteroatoms. The summed E-state index contributed by atoms with van der Waals surface area (Å²) in [6.45, 7) is 1.62. The van der Waals surface area contributed by atoms with E-state index in [4.69, 9.17) is 14.2 Å². The largest absolute Gasteiger partial charge is 0.477 e. The van der Waals surface area contributed by atoms with E-state index in [2.05, 4.69) is 10.3 Å². The molecule has 0 saturated heterocycles. The standard InChI is InChI=1S/C21H24N2O6S/c1-3-28-18-14(9-7-11-22-18)20(25)29-12-16(24)23-19-17(21(26)27-2)13-8-5-4-6-10-15(13)30-19/h7,9,11H,3-6,8,10,12H2,1-2H3,(H,23,24). The third kappa shape index (κ3) is 4.96. The lowest BCUT2D eigenvalue weighted by Gasteiger charge is -2.10. The summed E-state index contributed by atoms with van der Waals surface area (Å²) in [6, 6.07) is 3.10. The second kappa shape index (κ2) is 10.2. The molecule has 1 aliphatic carbocycles. The number of nitrogens with zero attached hydrogens (tertiary/aromatic N) is 1. The van der Waals surface area contributed by atoms with Crippen LogP contribution in [-0.4, -0.2) is 43.2 Å². The molecule has 30 heavy (non-hydrogen) atoms. The van der Waals surface area contributed by atoms with E-state index >= 15 is 0 Å². The van der Waals surface area contributed by atoms with Gasteiger partial charge in [-0.2, -0.15) is 0 Å². The van der Waals surface area contributed by atoms with E-state index in [0.717, 1.165) is 42.5 Å². The van der Waals surface area contributed by atoms with E-state index in [9.17, 15) is 14.4 Å². The number of anilines is 1. The number of hydrogen-bond donors (Lipinski definition) is 1. The predicted molar refractivity (Wildman–Crippen MR) is 111 cm³/mol. The van der Waals surface area contributed by atoms with Crippen molar-refractivity contribution in [2.45, 2.75) is 39.0 Å². The van der Waals surface area contributed by atoms with Gasteiger partial charge >= 0.3 is 11.9 Å². The van der Waals surface area contributed by atoms with Gasteiger partial charge in [-0.3, -0.25) is 4.79 Å². The molecule has 2 aromatic heterocycles. The number of fused-ring (bicyclic) bond motifs is 1. The number of esters is 2. The monoisotopic (exact) mass is 432 g/mol. The minimum atomic E-state index is -0.711. The van der Waals surface area contributed by atoms with Crippen LogP contribution >= 0.6 is 11.3 Å². The molecule has 160 valence electrons. The first kappa shape index (κ1) is 21.8. The van der Waals surface area contributed by atoms with Gasteiger partial charge in [-0.1, -0.05) is 6.42 Å². The van der Waals surface area contributed by atoms with Crippen molar-refractivity contribution in [2.24, 2.45) is 0 Å². The van der Waals surface area contributed by atoms with E-state index in [1.165, 1.54) is 30.7 Å². The Morgan fingerprint density at radius 2 is 1.97 bits per heavy atom. The Kier molecular flexibility index (Phi) is 7.40. The first-order valence-electron chi connectivity index (χ1n) is 9.82. The molecule has 1 N–H and O–H groups in total. The number of pyridine rings is 1. The number of nitrogens with one attached hydrogen (secondary N) is 1. The highest BCUT2D eigenvalue weighted by Crippen LogP contribution is 2.37. The third-order valence-electron chi connectivity index (χ3n) is 4.67. The SMILES string of the molecule is CCOc1ncccc1C(=O)OCC(=O)Nc1sc2c(c1C(=O)OC)CCCCC2. The summed E-state index contributed by atoms with van der Waals surface area (Å²) in [6.07, 6.45) is 6.30. The maximum atomic E-state index is 12.4. The number of hydrogen-bond acceptors (Lipinski definition) is 8. The Bertz CT molecular complexity index is 940. The Labute approximate surface area is 178 Å². The Morgan fingerprint density at radius 3 is 2.73 bits per heavy atom. The van der Waals surface area contributed by atoms with E-state index in [1.54, 1.807) is 13.0 Å². The van der Waals surface area contributed by atoms with Gasteiger partial charge in [0.25, 0.3) is 5.91 Å². The molecule has 0 spiro atoms. The molecule has 0 aliphatic heterocycles. The minimum absolute atomic E-state index is 0.144. The lowest BCUT2D eigenvalue weighted by Crippen LogP contribution is -2.22. The number of aromatic nitrogens is 1. The molecule has 0 aromatic carbocycles. The summed E-state index contributed by atoms with van der Waals surface area (Å²) in [4.78, 5) is 42.2. The molecule has 0 bridgehead atoms. The van der Waals surface area contributed by atoms with Gasteiger partial charge < -0.3 is 19.5 Å². The minimum Gasteiger partial charge on any atom is -0.477 e. The second-order valence-corrected chi connectivity index (χ2v) is 7.78. The van der Waals surface area contributed by atoms with Crippen molar-refractivity contribution in [3.05, 3.63) is 39.9 Å². The van der Waals surface area contributed by atoms with Gasteiger partial charge in [0.05, 0.1) is 19.3 Å². The zero-order chi connectivity index (χ0) is 21.5. The summed E-state index contributed by atoms with van der Waals surface area (Å²) in [5.74, 6) is -1.57. The fraction of sp³-hybridized carbons (Fsp3) is 0.429. The van der Waals surface area contributed by atoms with E-state index < -0.39 is 24.5 Å². The average molecular weight is 432 g/mol. The molecule has 0 fully saturated rings. The van der Waals surface area contributed by atoms with Crippen molar-refractivity contribution < 1.29 is 28.6 Å². The number of ether oxygens (including phenoxy) is 3. The topological polar surface area (TPSA) is 104 Å². The number of rotatable bonds is 7. The van der Waals surface area contributed by atoms with Gasteiger partial charge in [0.1, 0.15) is 10.6 Å². The fourth-order valence-corrected chi connectivity index (χ4v) is 4.61. The maximum absolute atomic E-state index is 12.4. The van der Waals surface area contributed by atoms with Gasteiger partial charge in [-0.25, -0.2) is 14.6 Å². The van der Waals surface area contributed by atoms with Crippen LogP contribution < -0.4 is 10.1 Å². The summed E-state index contributed by atoms with van der Waals surface area (Å²) in [7, 11) is 1.32. The average Bonchev–Trinajstić information content (AvgIpc) is 2.92. The van der Waals surface area contributed by atoms with Crippen molar-refractivity contribution in [1.29, 1.82) is 0 Å². The zero-order valence-electron chi connectivity index (χ0n) is 17.0. The van der Waals surface area contributed by atoms with Crippen molar-refractivity contribution in [2.75, 3.05) is 25.6 Å². The molecule has 0 saturated carbocycles. The van der Waals surface area contributed by atoms with Crippen LogP contribution in [0.2, 0.25) is 0 Å². The van der Waals surface area contributed by atoms with Crippen molar-refractivity contribution in [3.63, 3.8) is 0 Å². The quantitative estimate of drug-likeness (QED) is 0.528. The van der Waals surface area contributed by atoms with Gasteiger partial charge in [0, 0.05) is 11.1 Å². The van der Waals surface area contributed by atoms with Crippen LogP contribution in [0.4, 0.5) is 5.00 Å². The molecular weight excluding hydrogens is 408 g/mol. The van der Waals surface area contributed by atoms with Crippen LogP contribution in [0.5, 0.6) is 5.88 Å². The highest BCUT2D eigenvalue weighted by Gasteiger charge is 2.26. The summed E-state index contributed by atoms with van der Waals surface area (Å²) in [5.41, 5.74) is 1.50. The first-order valence-corrected chi connectivity index (χ1v) is 10.6. The zero-order valence-corrected chi connectivity index (χ0v) is 17.8. The van der Waals surface area contributed by atoms with Gasteiger partial charge in [-0.15, -0.1) is 11.3 Å². The van der Waals surface area contributed by atoms with Crippen LogP contribution in [0.1, 0.15) is 57.3 Å². The molecule has 0 radical (unpaired) electrons. The summed E-state index contributed by atoms with van der Waals surface area (Å²) >= 11 is 1.38. The molecule has 0 atom stereocenters. The van der Waals surface area contributed by atoms with Crippen LogP contribution in [0, 0.1) is 0 Å². The highest BCUT2D eigenvalue weighted by atomic mass is 32.1. The van der Waals surface area contributed by atoms with E-state index in [-0.39, 0.29) is 11.4 Å². The van der Waals surface area contributed by atoms with Crippen molar-refractivity contribution in [3.8, 4) is 5.88 Å². The lowest BCUT2D eigenvalue weighted by molar-refractivity contribution is -0.119. The molecule has 3 rings (SSSR count). The van der Waals surface area contributed by atoms with E-state index in [0.29, 0.717) is 17.2 Å². The van der Waals surface area contributed by atoms with Crippen LogP contribution in [-0.2, 0) is 27.1 Å². The summed E-state index contributed by atoms with van der Waals surface area (Å²) < 4.78 is 15.4. The molecule has 1 aliphatic rings. The summed E-state index contributed by atoms with van der Waals surface area (Å²) in [5, 5.41) is 3.14. The Morgan fingerprint density at radius 1 is 1.17 bits per heavy atom. The van der Waals surface area contributed by atoms with Crippen LogP contribution in [0.25, 0.3) is 0 Å². The van der Waals surface area contributed by atoms with Gasteiger partial charge in [0.2, 0.25) is 5.88 Å². The number of carbonyl (C=O) groups excluding carboxylic acids is 3. The predicted octanol–water partition coefficient (Wildman–Crippen LogP) is 3.39. The smallest absolute Gasteiger partial charge is 0.344 e. The highest BCUT2D eigenvalue weighted by molar-refractivity contribution is 7.17. The molecule has 2 aromatic rings. The van der Waals surface area contributed by atoms with Crippen molar-refractivity contribution >= 4 is 34.2 Å². The second-order valence-electron chi connectivity index (χ2n) is 6.67. The van der Waals surface area contributed by atoms with Crippen LogP contribution in [0.3, 0.4) is 0 Å². The first-order chi connectivity index (χ1) is 14.5. The number of carbonyl (C=O) groups is 3. The van der Waals surface area contributed by atoms with E-state index in [1.807, 2.05) is 0 Å². The molecule has 0 unspecified atom stereocenters. The molecular formula is C21H24N2O6S. The molecule has 1 amide bonds. The normalized spacial score (nSPS) is 13.0. The van der Waals surface area contributed by atoms with Gasteiger partial charge in [-0.05, 0) is 50.3 Å². The van der Waals surface area contributed by atoms with Crippen molar-refractivity contribution in [1.82, 2.24) is 4.98 Å². The third-order valence-corrected chi connectivity index (χ3v) is 5.88. The van der Waals surface area contributed by atoms with Crippen LogP contribution in [0.15, 0.2) is 18.3 Å². The molecule has 2 heterocycles. The number of amides is 1. The maximum Gasteiger partial charge on any atom is 0.344 e. The number of aryl methyl sites for hydroxylation is 1. The Hall–Kier alpha value is -2.94. The number of thiophene rings is 1. The number of methoxy groups -OCH3 is 1. The fourth-order valence-electron chi connectivity index (χ4n) is 3.32.